The van der Waals surface area contributed by atoms with Gasteiger partial charge in [-0.2, -0.15) is 0 Å². The summed E-state index contributed by atoms with van der Waals surface area (Å²) in [6.45, 7) is 5.59. The number of nitrogens with one attached hydrogen (secondary N) is 1. The van der Waals surface area contributed by atoms with E-state index < -0.39 is 0 Å². The highest BCUT2D eigenvalue weighted by Crippen LogP contribution is 2.32. The van der Waals surface area contributed by atoms with Crippen molar-refractivity contribution in [1.29, 1.82) is 0 Å². The van der Waals surface area contributed by atoms with Crippen LogP contribution in [0.3, 0.4) is 0 Å². The lowest BCUT2D eigenvalue weighted by atomic mass is 9.98. The molecule has 3 rings (SSSR count). The predicted molar refractivity (Wildman–Crippen MR) is 66.1 cm³/mol. The predicted octanol–water partition coefficient (Wildman–Crippen LogP) is 2.24. The molecule has 17 heavy (non-hydrogen) atoms. The molecule has 0 amide bonds. The lowest BCUT2D eigenvalue weighted by Crippen LogP contribution is -2.41. The van der Waals surface area contributed by atoms with Crippen molar-refractivity contribution in [3.8, 4) is 5.75 Å². The van der Waals surface area contributed by atoms with Crippen molar-refractivity contribution in [2.24, 2.45) is 0 Å². The van der Waals surface area contributed by atoms with E-state index in [1.54, 1.807) is 0 Å². The maximum atomic E-state index is 6.22. The maximum Gasteiger partial charge on any atom is 0.129 e. The van der Waals surface area contributed by atoms with Gasteiger partial charge in [0.05, 0.1) is 6.61 Å². The molecule has 3 nitrogen and oxygen atoms in total. The van der Waals surface area contributed by atoms with Gasteiger partial charge in [0, 0.05) is 25.3 Å². The Bertz CT molecular complexity index is 411. The van der Waals surface area contributed by atoms with Gasteiger partial charge in [-0.3, -0.25) is 0 Å². The van der Waals surface area contributed by atoms with Crippen LogP contribution in [0, 0.1) is 0 Å². The molecule has 3 heteroatoms. The molecular formula is C14H19NO2. The van der Waals surface area contributed by atoms with Crippen molar-refractivity contribution in [1.82, 2.24) is 5.32 Å². The summed E-state index contributed by atoms with van der Waals surface area (Å²) in [5.41, 5.74) is 2.53. The largest absolute Gasteiger partial charge is 0.485 e. The van der Waals surface area contributed by atoms with Crippen molar-refractivity contribution in [3.05, 3.63) is 29.3 Å². The number of benzene rings is 1. The normalized spacial score (nSPS) is 27.8. The third-order valence-corrected chi connectivity index (χ3v) is 3.61. The molecule has 1 N–H and O–H groups in total. The third kappa shape index (κ3) is 2.17. The van der Waals surface area contributed by atoms with Crippen LogP contribution in [0.15, 0.2) is 18.2 Å². The minimum Gasteiger partial charge on any atom is -0.485 e. The van der Waals surface area contributed by atoms with E-state index in [9.17, 15) is 0 Å². The molecule has 1 aromatic rings. The molecule has 1 aromatic carbocycles. The number of ether oxygens (including phenoxy) is 2. The van der Waals surface area contributed by atoms with Crippen LogP contribution in [0.5, 0.6) is 5.75 Å². The van der Waals surface area contributed by atoms with Crippen LogP contribution in [0.1, 0.15) is 30.9 Å². The number of hydrogen-bond acceptors (Lipinski definition) is 3. The van der Waals surface area contributed by atoms with Crippen molar-refractivity contribution in [2.45, 2.75) is 38.5 Å². The van der Waals surface area contributed by atoms with Gasteiger partial charge in [-0.05, 0) is 31.4 Å². The zero-order chi connectivity index (χ0) is 11.7. The molecule has 0 saturated carbocycles. The molecule has 92 valence electrons. The van der Waals surface area contributed by atoms with Gasteiger partial charge in [0.25, 0.3) is 0 Å². The van der Waals surface area contributed by atoms with E-state index in [1.807, 2.05) is 0 Å². The van der Waals surface area contributed by atoms with Gasteiger partial charge < -0.3 is 14.8 Å². The first-order chi connectivity index (χ1) is 8.27. The van der Waals surface area contributed by atoms with Crippen LogP contribution in [0.4, 0.5) is 0 Å². The molecule has 0 aromatic heterocycles. The minimum absolute atomic E-state index is 0.157. The molecular weight excluding hydrogens is 214 g/mol. The fraction of sp³-hybridized carbons (Fsp3) is 0.571. The van der Waals surface area contributed by atoms with Crippen molar-refractivity contribution < 1.29 is 9.47 Å². The number of fused-ring (bicyclic) bond motifs is 1. The van der Waals surface area contributed by atoms with Crippen molar-refractivity contribution >= 4 is 0 Å². The highest BCUT2D eigenvalue weighted by Gasteiger charge is 2.31. The summed E-state index contributed by atoms with van der Waals surface area (Å²) < 4.78 is 11.8. The summed E-state index contributed by atoms with van der Waals surface area (Å²) in [6.07, 6.45) is 2.16. The molecule has 2 aliphatic heterocycles. The van der Waals surface area contributed by atoms with Gasteiger partial charge in [0.15, 0.2) is 0 Å². The summed E-state index contributed by atoms with van der Waals surface area (Å²) in [6, 6.07) is 6.32. The summed E-state index contributed by atoms with van der Waals surface area (Å²) in [5.74, 6) is 1.03. The van der Waals surface area contributed by atoms with E-state index in [4.69, 9.17) is 9.47 Å². The minimum atomic E-state index is -0.157. The Morgan fingerprint density at radius 1 is 1.35 bits per heavy atom. The second-order valence-electron chi connectivity index (χ2n) is 5.21. The topological polar surface area (TPSA) is 30.5 Å². The third-order valence-electron chi connectivity index (χ3n) is 3.61. The van der Waals surface area contributed by atoms with Crippen LogP contribution in [-0.2, 0) is 17.8 Å². The highest BCUT2D eigenvalue weighted by molar-refractivity contribution is 5.42. The van der Waals surface area contributed by atoms with Crippen molar-refractivity contribution in [3.63, 3.8) is 0 Å². The average Bonchev–Trinajstić information content (AvgIpc) is 2.79. The maximum absolute atomic E-state index is 6.22. The molecule has 1 unspecified atom stereocenters. The fourth-order valence-corrected chi connectivity index (χ4v) is 2.65. The molecule has 1 atom stereocenters. The fourth-order valence-electron chi connectivity index (χ4n) is 2.65. The Morgan fingerprint density at radius 3 is 3.12 bits per heavy atom. The summed E-state index contributed by atoms with van der Waals surface area (Å²) >= 11 is 0. The second kappa shape index (κ2) is 4.31. The molecule has 0 radical (unpaired) electrons. The van der Waals surface area contributed by atoms with E-state index >= 15 is 0 Å². The average molecular weight is 233 g/mol. The van der Waals surface area contributed by atoms with Crippen LogP contribution < -0.4 is 10.1 Å². The molecule has 2 aliphatic rings. The van der Waals surface area contributed by atoms with E-state index in [0.717, 1.165) is 38.3 Å². The van der Waals surface area contributed by atoms with E-state index in [-0.39, 0.29) is 5.60 Å². The Balaban J connectivity index is 1.83. The zero-order valence-corrected chi connectivity index (χ0v) is 10.3. The summed E-state index contributed by atoms with van der Waals surface area (Å²) in [7, 11) is 0. The smallest absolute Gasteiger partial charge is 0.129 e. The molecule has 0 bridgehead atoms. The summed E-state index contributed by atoms with van der Waals surface area (Å²) in [4.78, 5) is 0. The first-order valence-corrected chi connectivity index (χ1v) is 6.35. The molecule has 1 fully saturated rings. The molecule has 0 spiro atoms. The van der Waals surface area contributed by atoms with Gasteiger partial charge in [0.2, 0.25) is 0 Å². The summed E-state index contributed by atoms with van der Waals surface area (Å²) in [5, 5.41) is 3.37. The standard InChI is InChI=1S/C14H19NO2/c1-14(6-3-7-16-10-14)17-13-5-2-4-11-8-15-9-12(11)13/h2,4-5,15H,3,6-10H2,1H3. The molecule has 2 heterocycles. The first kappa shape index (κ1) is 11.1. The quantitative estimate of drug-likeness (QED) is 0.849. The first-order valence-electron chi connectivity index (χ1n) is 6.35. The monoisotopic (exact) mass is 233 g/mol. The van der Waals surface area contributed by atoms with Gasteiger partial charge in [-0.15, -0.1) is 0 Å². The van der Waals surface area contributed by atoms with Crippen LogP contribution >= 0.6 is 0 Å². The van der Waals surface area contributed by atoms with E-state index in [0.29, 0.717) is 6.61 Å². The SMILES string of the molecule is CC1(Oc2cccc3c2CNC3)CCCOC1. The van der Waals surface area contributed by atoms with E-state index in [1.165, 1.54) is 11.1 Å². The number of rotatable bonds is 2. The van der Waals surface area contributed by atoms with Crippen LogP contribution in [-0.4, -0.2) is 18.8 Å². The van der Waals surface area contributed by atoms with Crippen molar-refractivity contribution in [2.75, 3.05) is 13.2 Å². The highest BCUT2D eigenvalue weighted by atomic mass is 16.5. The number of hydrogen-bond donors (Lipinski definition) is 1. The van der Waals surface area contributed by atoms with Crippen LogP contribution in [0.2, 0.25) is 0 Å². The van der Waals surface area contributed by atoms with Crippen LogP contribution in [0.25, 0.3) is 0 Å². The Labute approximate surface area is 102 Å². The zero-order valence-electron chi connectivity index (χ0n) is 10.3. The van der Waals surface area contributed by atoms with E-state index in [2.05, 4.69) is 30.4 Å². The Morgan fingerprint density at radius 2 is 2.29 bits per heavy atom. The van der Waals surface area contributed by atoms with Gasteiger partial charge >= 0.3 is 0 Å². The van der Waals surface area contributed by atoms with Gasteiger partial charge in [-0.1, -0.05) is 12.1 Å². The van der Waals surface area contributed by atoms with Gasteiger partial charge in [-0.25, -0.2) is 0 Å². The Hall–Kier alpha value is -1.06. The molecule has 1 saturated heterocycles. The van der Waals surface area contributed by atoms with Gasteiger partial charge in [0.1, 0.15) is 11.4 Å². The molecule has 0 aliphatic carbocycles. The second-order valence-corrected chi connectivity index (χ2v) is 5.21. The lowest BCUT2D eigenvalue weighted by Gasteiger charge is -2.34. The Kier molecular flexibility index (Phi) is 2.81. The lowest BCUT2D eigenvalue weighted by molar-refractivity contribution is -0.0567.